The number of hydrogen-bond acceptors (Lipinski definition) is 4. The molecule has 0 spiro atoms. The SMILES string of the molecule is Cc1ccc(NC(=O)[C@H](C)OC(=O)CSc2cc(Cl)ccc2Cl)cc1. The van der Waals surface area contributed by atoms with Crippen molar-refractivity contribution in [2.24, 2.45) is 0 Å². The van der Waals surface area contributed by atoms with Crippen LogP contribution in [0.2, 0.25) is 10.0 Å². The second kappa shape index (κ2) is 9.13. The van der Waals surface area contributed by atoms with Gasteiger partial charge in [0.05, 0.1) is 10.8 Å². The van der Waals surface area contributed by atoms with Gasteiger partial charge in [0, 0.05) is 15.6 Å². The summed E-state index contributed by atoms with van der Waals surface area (Å²) in [6, 6.07) is 12.4. The highest BCUT2D eigenvalue weighted by Crippen LogP contribution is 2.29. The Balaban J connectivity index is 1.83. The summed E-state index contributed by atoms with van der Waals surface area (Å²) in [4.78, 5) is 24.7. The molecule has 2 aromatic carbocycles. The second-order valence-corrected chi connectivity index (χ2v) is 7.21. The minimum atomic E-state index is -0.899. The quantitative estimate of drug-likeness (QED) is 0.552. The summed E-state index contributed by atoms with van der Waals surface area (Å²) >= 11 is 13.2. The van der Waals surface area contributed by atoms with Crippen molar-refractivity contribution >= 4 is 52.5 Å². The molecular formula is C18H17Cl2NO3S. The maximum Gasteiger partial charge on any atom is 0.317 e. The van der Waals surface area contributed by atoms with Gasteiger partial charge in [-0.05, 0) is 44.2 Å². The number of halogens is 2. The van der Waals surface area contributed by atoms with Gasteiger partial charge in [0.1, 0.15) is 0 Å². The molecule has 1 atom stereocenters. The van der Waals surface area contributed by atoms with E-state index in [0.29, 0.717) is 20.6 Å². The normalized spacial score (nSPS) is 11.7. The maximum absolute atomic E-state index is 12.1. The Morgan fingerprint density at radius 1 is 1.16 bits per heavy atom. The van der Waals surface area contributed by atoms with Crippen LogP contribution in [0.25, 0.3) is 0 Å². The number of carbonyl (C=O) groups is 2. The molecule has 2 rings (SSSR count). The predicted molar refractivity (Wildman–Crippen MR) is 103 cm³/mol. The van der Waals surface area contributed by atoms with Gasteiger partial charge in [-0.15, -0.1) is 11.8 Å². The molecule has 4 nitrogen and oxygen atoms in total. The molecule has 0 bridgehead atoms. The second-order valence-electron chi connectivity index (χ2n) is 5.35. The van der Waals surface area contributed by atoms with Crippen molar-refractivity contribution in [3.8, 4) is 0 Å². The number of aryl methyl sites for hydroxylation is 1. The molecule has 1 amide bonds. The van der Waals surface area contributed by atoms with Crippen LogP contribution in [0.15, 0.2) is 47.4 Å². The summed E-state index contributed by atoms with van der Waals surface area (Å²) in [5.74, 6) is -0.863. The lowest BCUT2D eigenvalue weighted by atomic mass is 10.2. The van der Waals surface area contributed by atoms with E-state index < -0.39 is 12.1 Å². The number of nitrogens with one attached hydrogen (secondary N) is 1. The van der Waals surface area contributed by atoms with E-state index >= 15 is 0 Å². The fourth-order valence-corrected chi connectivity index (χ4v) is 3.17. The summed E-state index contributed by atoms with van der Waals surface area (Å²) in [6.45, 7) is 3.48. The maximum atomic E-state index is 12.1. The van der Waals surface area contributed by atoms with E-state index in [0.717, 1.165) is 5.56 Å². The van der Waals surface area contributed by atoms with Gasteiger partial charge in [-0.2, -0.15) is 0 Å². The first kappa shape index (κ1) is 19.6. The number of carbonyl (C=O) groups excluding carboxylic acids is 2. The predicted octanol–water partition coefficient (Wildman–Crippen LogP) is 4.96. The zero-order valence-corrected chi connectivity index (χ0v) is 16.0. The van der Waals surface area contributed by atoms with Crippen molar-refractivity contribution in [1.29, 1.82) is 0 Å². The number of benzene rings is 2. The van der Waals surface area contributed by atoms with Gasteiger partial charge in [0.25, 0.3) is 5.91 Å². The van der Waals surface area contributed by atoms with Crippen LogP contribution in [0.5, 0.6) is 0 Å². The molecule has 0 unspecified atom stereocenters. The number of rotatable bonds is 6. The highest BCUT2D eigenvalue weighted by Gasteiger charge is 2.18. The summed E-state index contributed by atoms with van der Waals surface area (Å²) in [5.41, 5.74) is 1.74. The molecule has 0 saturated carbocycles. The van der Waals surface area contributed by atoms with Crippen molar-refractivity contribution in [3.63, 3.8) is 0 Å². The fourth-order valence-electron chi connectivity index (χ4n) is 1.89. The van der Waals surface area contributed by atoms with E-state index in [-0.39, 0.29) is 11.7 Å². The average Bonchev–Trinajstić information content (AvgIpc) is 2.57. The number of ether oxygens (including phenoxy) is 1. The Morgan fingerprint density at radius 3 is 2.52 bits per heavy atom. The van der Waals surface area contributed by atoms with Crippen molar-refractivity contribution in [1.82, 2.24) is 0 Å². The molecule has 0 heterocycles. The lowest BCUT2D eigenvalue weighted by molar-refractivity contribution is -0.150. The lowest BCUT2D eigenvalue weighted by Crippen LogP contribution is -2.30. The fraction of sp³-hybridized carbons (Fsp3) is 0.222. The lowest BCUT2D eigenvalue weighted by Gasteiger charge is -2.13. The third-order valence-electron chi connectivity index (χ3n) is 3.24. The van der Waals surface area contributed by atoms with E-state index in [1.807, 2.05) is 19.1 Å². The van der Waals surface area contributed by atoms with E-state index in [1.165, 1.54) is 18.7 Å². The molecule has 0 aromatic heterocycles. The van der Waals surface area contributed by atoms with E-state index in [9.17, 15) is 9.59 Å². The van der Waals surface area contributed by atoms with Gasteiger partial charge in [-0.3, -0.25) is 9.59 Å². The molecule has 0 aliphatic rings. The van der Waals surface area contributed by atoms with Crippen LogP contribution in [0.1, 0.15) is 12.5 Å². The minimum Gasteiger partial charge on any atom is -0.452 e. The summed E-state index contributed by atoms with van der Waals surface area (Å²) in [5, 5.41) is 3.74. The van der Waals surface area contributed by atoms with Crippen LogP contribution in [0.3, 0.4) is 0 Å². The van der Waals surface area contributed by atoms with Crippen LogP contribution < -0.4 is 5.32 Å². The molecule has 0 saturated heterocycles. The third kappa shape index (κ3) is 6.27. The van der Waals surface area contributed by atoms with Crippen LogP contribution in [0, 0.1) is 6.92 Å². The molecule has 0 aliphatic heterocycles. The minimum absolute atomic E-state index is 0.0300. The third-order valence-corrected chi connectivity index (χ3v) is 4.94. The first-order chi connectivity index (χ1) is 11.8. The first-order valence-corrected chi connectivity index (χ1v) is 9.24. The number of thioether (sulfide) groups is 1. The standard InChI is InChI=1S/C18H17Cl2NO3S/c1-11-3-6-14(7-4-11)21-18(23)12(2)24-17(22)10-25-16-9-13(19)5-8-15(16)20/h3-9,12H,10H2,1-2H3,(H,21,23)/t12-/m0/s1. The number of amides is 1. The van der Waals surface area contributed by atoms with E-state index in [1.54, 1.807) is 30.3 Å². The van der Waals surface area contributed by atoms with E-state index in [4.69, 9.17) is 27.9 Å². The first-order valence-electron chi connectivity index (χ1n) is 7.50. The number of esters is 1. The molecule has 0 radical (unpaired) electrons. The van der Waals surface area contributed by atoms with Crippen molar-refractivity contribution in [2.75, 3.05) is 11.1 Å². The zero-order valence-electron chi connectivity index (χ0n) is 13.7. The topological polar surface area (TPSA) is 55.4 Å². The van der Waals surface area contributed by atoms with Gasteiger partial charge in [0.15, 0.2) is 6.10 Å². The largest absolute Gasteiger partial charge is 0.452 e. The Morgan fingerprint density at radius 2 is 1.84 bits per heavy atom. The smallest absolute Gasteiger partial charge is 0.317 e. The van der Waals surface area contributed by atoms with Crippen LogP contribution in [0.4, 0.5) is 5.69 Å². The summed E-state index contributed by atoms with van der Waals surface area (Å²) in [6.07, 6.45) is -0.899. The van der Waals surface area contributed by atoms with Crippen LogP contribution >= 0.6 is 35.0 Å². The van der Waals surface area contributed by atoms with Gasteiger partial charge < -0.3 is 10.1 Å². The molecule has 25 heavy (non-hydrogen) atoms. The Labute approximate surface area is 160 Å². The molecule has 132 valence electrons. The molecule has 0 aliphatic carbocycles. The van der Waals surface area contributed by atoms with Gasteiger partial charge in [-0.1, -0.05) is 40.9 Å². The molecule has 1 N–H and O–H groups in total. The van der Waals surface area contributed by atoms with Gasteiger partial charge in [-0.25, -0.2) is 0 Å². The highest BCUT2D eigenvalue weighted by molar-refractivity contribution is 8.00. The Hall–Kier alpha value is -1.69. The summed E-state index contributed by atoms with van der Waals surface area (Å²) in [7, 11) is 0. The van der Waals surface area contributed by atoms with Gasteiger partial charge >= 0.3 is 5.97 Å². The molecule has 0 fully saturated rings. The Bertz CT molecular complexity index is 765. The van der Waals surface area contributed by atoms with Crippen molar-refractivity contribution < 1.29 is 14.3 Å². The number of anilines is 1. The number of hydrogen-bond donors (Lipinski definition) is 1. The molecule has 2 aromatic rings. The monoisotopic (exact) mass is 397 g/mol. The van der Waals surface area contributed by atoms with Gasteiger partial charge in [0.2, 0.25) is 0 Å². The van der Waals surface area contributed by atoms with Crippen molar-refractivity contribution in [3.05, 3.63) is 58.1 Å². The Kier molecular flexibility index (Phi) is 7.17. The molecular weight excluding hydrogens is 381 g/mol. The molecule has 7 heteroatoms. The van der Waals surface area contributed by atoms with Crippen LogP contribution in [-0.4, -0.2) is 23.7 Å². The zero-order chi connectivity index (χ0) is 18.4. The van der Waals surface area contributed by atoms with Crippen molar-refractivity contribution in [2.45, 2.75) is 24.8 Å². The van der Waals surface area contributed by atoms with Crippen LogP contribution in [-0.2, 0) is 14.3 Å². The summed E-state index contributed by atoms with van der Waals surface area (Å²) < 4.78 is 5.15. The highest BCUT2D eigenvalue weighted by atomic mass is 35.5. The van der Waals surface area contributed by atoms with E-state index in [2.05, 4.69) is 5.32 Å². The average molecular weight is 398 g/mol.